The number of benzene rings is 3. The van der Waals surface area contributed by atoms with Gasteiger partial charge >= 0.3 is 0 Å². The molecule has 0 aliphatic heterocycles. The number of hydrogen-bond acceptors (Lipinski definition) is 12. The minimum Gasteiger partial charge on any atom is -0.492 e. The van der Waals surface area contributed by atoms with Crippen LogP contribution in [0.1, 0.15) is 47.3 Å². The molecule has 1 amide bonds. The van der Waals surface area contributed by atoms with E-state index in [1.54, 1.807) is 0 Å². The molecule has 0 spiro atoms. The van der Waals surface area contributed by atoms with Crippen LogP contribution in [0.25, 0.3) is 10.8 Å². The summed E-state index contributed by atoms with van der Waals surface area (Å²) >= 11 is 5.83. The molecule has 0 unspecified atom stereocenters. The van der Waals surface area contributed by atoms with E-state index < -0.39 is 30.8 Å². The second-order valence-electron chi connectivity index (χ2n) is 12.6. The van der Waals surface area contributed by atoms with Crippen LogP contribution in [0.3, 0.4) is 0 Å². The lowest BCUT2D eigenvalue weighted by Gasteiger charge is -2.27. The molecule has 0 aliphatic carbocycles. The molecule has 0 radical (unpaired) electrons. The number of hydrogen-bond donors (Lipinski definition) is 8. The number of nitrogens with two attached hydrogens (primary N) is 3. The van der Waals surface area contributed by atoms with Gasteiger partial charge in [0, 0.05) is 26.1 Å². The molecule has 280 valence electrons. The largest absolute Gasteiger partial charge is 0.492 e. The molecular weight excluding hydrogens is 688 g/mol. The van der Waals surface area contributed by atoms with E-state index in [-0.39, 0.29) is 41.4 Å². The lowest BCUT2D eigenvalue weighted by molar-refractivity contribution is -0.0408. The van der Waals surface area contributed by atoms with E-state index >= 15 is 0 Å². The number of nitrogen functional groups attached to an aromatic ring is 2. The van der Waals surface area contributed by atoms with Gasteiger partial charge in [-0.2, -0.15) is 0 Å². The summed E-state index contributed by atoms with van der Waals surface area (Å²) in [6.07, 6.45) is 0.675. The predicted octanol–water partition coefficient (Wildman–Crippen LogP) is 2.29. The molecule has 0 bridgehead atoms. The van der Waals surface area contributed by atoms with Crippen molar-refractivity contribution >= 4 is 45.9 Å². The second kappa shape index (κ2) is 20.5. The molecule has 4 aromatic rings. The van der Waals surface area contributed by atoms with Gasteiger partial charge in [-0.25, -0.2) is 9.97 Å². The Bertz CT molecular complexity index is 1760. The zero-order chi connectivity index (χ0) is 37.5. The van der Waals surface area contributed by atoms with E-state index in [1.165, 1.54) is 16.3 Å². The number of carbonyl (C=O) groups is 1. The number of amides is 1. The fourth-order valence-electron chi connectivity index (χ4n) is 5.63. The van der Waals surface area contributed by atoms with Crippen LogP contribution in [0.2, 0.25) is 5.15 Å². The first-order valence-electron chi connectivity index (χ1n) is 17.3. The molecule has 3 atom stereocenters. The third kappa shape index (κ3) is 12.9. The lowest BCUT2D eigenvalue weighted by atomic mass is 10.0. The molecule has 4 rings (SSSR count). The van der Waals surface area contributed by atoms with Gasteiger partial charge in [0.05, 0.1) is 18.8 Å². The van der Waals surface area contributed by atoms with Crippen molar-refractivity contribution in [1.82, 2.24) is 20.2 Å². The molecule has 0 saturated heterocycles. The number of fused-ring (bicyclic) bond motifs is 1. The zero-order valence-corrected chi connectivity index (χ0v) is 29.8. The number of guanidine groups is 1. The molecule has 15 heteroatoms. The number of nitrogens with one attached hydrogen (secondary N) is 1. The van der Waals surface area contributed by atoms with Crippen LogP contribution in [0.15, 0.2) is 71.7 Å². The third-order valence-electron chi connectivity index (χ3n) is 8.48. The van der Waals surface area contributed by atoms with Crippen molar-refractivity contribution in [3.05, 3.63) is 88.7 Å². The van der Waals surface area contributed by atoms with E-state index in [0.29, 0.717) is 26.2 Å². The summed E-state index contributed by atoms with van der Waals surface area (Å²) in [5.74, 6) is -0.280. The summed E-state index contributed by atoms with van der Waals surface area (Å²) in [4.78, 5) is 26.3. The zero-order valence-electron chi connectivity index (χ0n) is 29.1. The average molecular weight is 737 g/mol. The van der Waals surface area contributed by atoms with Crippen molar-refractivity contribution < 1.29 is 30.0 Å². The Morgan fingerprint density at radius 2 is 1.60 bits per heavy atom. The third-order valence-corrected chi connectivity index (χ3v) is 8.76. The van der Waals surface area contributed by atoms with Gasteiger partial charge in [0.15, 0.2) is 28.4 Å². The van der Waals surface area contributed by atoms with Gasteiger partial charge in [-0.05, 0) is 72.7 Å². The first-order chi connectivity index (χ1) is 25.0. The van der Waals surface area contributed by atoms with Crippen LogP contribution in [0, 0.1) is 0 Å². The monoisotopic (exact) mass is 736 g/mol. The maximum absolute atomic E-state index is 12.4. The SMILES string of the molecule is NC(=NCCCCc1ccc(OCCN(CCCc2ccc3ccccc3c2)C[C@H](O)C[C@H](O)[C@H](O)CO)cc1)NC(=O)c1nc(Cl)c(N)nc1N. The molecule has 1 heterocycles. The molecule has 52 heavy (non-hydrogen) atoms. The number of anilines is 2. The first kappa shape index (κ1) is 40.2. The van der Waals surface area contributed by atoms with Crippen LogP contribution in [0.4, 0.5) is 11.6 Å². The maximum Gasteiger partial charge on any atom is 0.280 e. The minimum atomic E-state index is -1.30. The fourth-order valence-corrected chi connectivity index (χ4v) is 5.76. The smallest absolute Gasteiger partial charge is 0.280 e. The molecule has 3 aromatic carbocycles. The Morgan fingerprint density at radius 1 is 0.885 bits per heavy atom. The van der Waals surface area contributed by atoms with E-state index in [1.807, 2.05) is 36.4 Å². The van der Waals surface area contributed by atoms with E-state index in [2.05, 4.69) is 55.5 Å². The highest BCUT2D eigenvalue weighted by Gasteiger charge is 2.21. The predicted molar refractivity (Wildman–Crippen MR) is 203 cm³/mol. The highest BCUT2D eigenvalue weighted by molar-refractivity contribution is 6.31. The van der Waals surface area contributed by atoms with Gasteiger partial charge in [-0.1, -0.05) is 66.2 Å². The van der Waals surface area contributed by atoms with Crippen molar-refractivity contribution in [3.63, 3.8) is 0 Å². The van der Waals surface area contributed by atoms with Crippen LogP contribution < -0.4 is 27.3 Å². The highest BCUT2D eigenvalue weighted by atomic mass is 35.5. The summed E-state index contributed by atoms with van der Waals surface area (Å²) in [6, 6.07) is 22.6. The topological polar surface area (TPSA) is 239 Å². The van der Waals surface area contributed by atoms with Gasteiger partial charge in [-0.3, -0.25) is 20.0 Å². The summed E-state index contributed by atoms with van der Waals surface area (Å²) in [5.41, 5.74) is 19.3. The van der Waals surface area contributed by atoms with E-state index in [4.69, 9.17) is 38.6 Å². The van der Waals surface area contributed by atoms with Gasteiger partial charge < -0.3 is 42.4 Å². The van der Waals surface area contributed by atoms with Gasteiger partial charge in [0.1, 0.15) is 18.5 Å². The number of aliphatic imine (C=N–C) groups is 1. The van der Waals surface area contributed by atoms with Gasteiger partial charge in [-0.15, -0.1) is 0 Å². The molecule has 1 aromatic heterocycles. The van der Waals surface area contributed by atoms with Gasteiger partial charge in [0.25, 0.3) is 5.91 Å². The van der Waals surface area contributed by atoms with Crippen LogP contribution >= 0.6 is 11.6 Å². The number of halogens is 1. The van der Waals surface area contributed by atoms with Crippen molar-refractivity contribution in [2.45, 2.75) is 56.8 Å². The number of aliphatic hydroxyl groups excluding tert-OH is 4. The normalized spacial score (nSPS) is 13.6. The summed E-state index contributed by atoms with van der Waals surface area (Å²) in [6.45, 7) is 1.77. The lowest BCUT2D eigenvalue weighted by Crippen LogP contribution is -2.40. The van der Waals surface area contributed by atoms with Crippen LogP contribution in [-0.4, -0.2) is 105 Å². The fraction of sp³-hybridized carbons (Fsp3) is 0.405. The number of nitrogens with zero attached hydrogens (tertiary/aromatic N) is 4. The molecule has 11 N–H and O–H groups in total. The molecule has 0 fully saturated rings. The number of rotatable bonds is 20. The van der Waals surface area contributed by atoms with Crippen molar-refractivity contribution in [3.8, 4) is 5.75 Å². The van der Waals surface area contributed by atoms with Gasteiger partial charge in [0.2, 0.25) is 0 Å². The second-order valence-corrected chi connectivity index (χ2v) is 13.0. The van der Waals surface area contributed by atoms with E-state index in [0.717, 1.165) is 43.4 Å². The summed E-state index contributed by atoms with van der Waals surface area (Å²) in [7, 11) is 0. The van der Waals surface area contributed by atoms with Crippen LogP contribution in [-0.2, 0) is 12.8 Å². The molecule has 0 aliphatic rings. The van der Waals surface area contributed by atoms with Crippen molar-refractivity contribution in [2.75, 3.05) is 50.9 Å². The standard InChI is InChI=1S/C37H49ClN8O6/c38-33-35(40)44-34(39)32(43-33)36(51)45-37(41)42-16-4-3-6-24-11-14-29(15-12-24)52-19-18-46(22-28(48)21-30(49)31(50)23-47)17-5-7-25-10-13-26-8-1-2-9-27(26)20-25/h1-2,8-15,20,28,30-31,47-50H,3-7,16-19,21-23H2,(H4,39,40,44)(H3,41,42,45,51)/t28-,30+,31-/m1/s1. The quantitative estimate of drug-likeness (QED) is 0.0371. The molecule has 14 nitrogen and oxygen atoms in total. The Labute approximate surface area is 308 Å². The Balaban J connectivity index is 1.20. The summed E-state index contributed by atoms with van der Waals surface area (Å²) in [5, 5.41) is 44.3. The van der Waals surface area contributed by atoms with E-state index in [9.17, 15) is 20.1 Å². The number of unbranched alkanes of at least 4 members (excludes halogenated alkanes) is 1. The minimum absolute atomic E-state index is 0.0487. The molecule has 0 saturated carbocycles. The number of ether oxygens (including phenoxy) is 1. The number of aliphatic hydroxyl groups is 4. The van der Waals surface area contributed by atoms with Crippen molar-refractivity contribution in [1.29, 1.82) is 0 Å². The molecular formula is C37H49ClN8O6. The van der Waals surface area contributed by atoms with Crippen LogP contribution in [0.5, 0.6) is 5.75 Å². The van der Waals surface area contributed by atoms with Crippen molar-refractivity contribution in [2.24, 2.45) is 10.7 Å². The number of aryl methyl sites for hydroxylation is 2. The maximum atomic E-state index is 12.4. The Morgan fingerprint density at radius 3 is 2.35 bits per heavy atom. The Hall–Kier alpha value is -4.57. The number of carbonyl (C=O) groups excluding carboxylic acids is 1. The first-order valence-corrected chi connectivity index (χ1v) is 17.7. The average Bonchev–Trinajstić information content (AvgIpc) is 3.12. The Kier molecular flexibility index (Phi) is 15.8. The summed E-state index contributed by atoms with van der Waals surface area (Å²) < 4.78 is 6.03. The highest BCUT2D eigenvalue weighted by Crippen LogP contribution is 2.19. The number of aromatic nitrogens is 2.